The Bertz CT molecular complexity index is 1250. The van der Waals surface area contributed by atoms with Crippen molar-refractivity contribution in [1.29, 1.82) is 0 Å². The van der Waals surface area contributed by atoms with Crippen LogP contribution in [0.15, 0.2) is 47.7 Å². The van der Waals surface area contributed by atoms with E-state index >= 15 is 0 Å². The number of nitrogen functional groups attached to an aromatic ring is 1. The van der Waals surface area contributed by atoms with E-state index in [0.717, 1.165) is 43.9 Å². The second kappa shape index (κ2) is 7.06. The summed E-state index contributed by atoms with van der Waals surface area (Å²) in [6.07, 6.45) is 6.33. The van der Waals surface area contributed by atoms with Crippen molar-refractivity contribution in [2.45, 2.75) is 31.8 Å². The van der Waals surface area contributed by atoms with Gasteiger partial charge in [-0.15, -0.1) is 0 Å². The third-order valence-corrected chi connectivity index (χ3v) is 7.29. The molecule has 8 heteroatoms. The van der Waals surface area contributed by atoms with Crippen LogP contribution in [0.1, 0.15) is 47.0 Å². The Morgan fingerprint density at radius 3 is 2.72 bits per heavy atom. The number of benzene rings is 1. The highest BCUT2D eigenvalue weighted by Crippen LogP contribution is 2.50. The number of nitrogens with zero attached hydrogens (tertiary/aromatic N) is 5. The van der Waals surface area contributed by atoms with Gasteiger partial charge in [0.25, 0.3) is 0 Å². The molecule has 0 radical (unpaired) electrons. The molecular formula is C24H24FN7. The van der Waals surface area contributed by atoms with Crippen LogP contribution in [-0.4, -0.2) is 33.8 Å². The fraction of sp³-hybridized carbons (Fsp3) is 0.333. The Balaban J connectivity index is 1.21. The number of aliphatic imine (C=N–C) groups is 1. The second-order valence-electron chi connectivity index (χ2n) is 8.95. The first-order chi connectivity index (χ1) is 15.6. The molecule has 7 nitrogen and oxygen atoms in total. The van der Waals surface area contributed by atoms with E-state index in [1.165, 1.54) is 17.3 Å². The van der Waals surface area contributed by atoms with E-state index in [9.17, 15) is 4.39 Å². The molecule has 1 spiro atoms. The lowest BCUT2D eigenvalue weighted by Crippen LogP contribution is -2.44. The molecule has 3 aliphatic rings. The molecule has 2 aliphatic heterocycles. The summed E-state index contributed by atoms with van der Waals surface area (Å²) in [6.45, 7) is 2.15. The SMILES string of the molecule is Nc1nccc(C2=NCc3nc(N4CCC5(CC4)Cc4ccccc4C5N)cnc32)c1F. The fourth-order valence-corrected chi connectivity index (χ4v) is 5.45. The Kier molecular flexibility index (Phi) is 4.26. The highest BCUT2D eigenvalue weighted by atomic mass is 19.1. The van der Waals surface area contributed by atoms with Crippen LogP contribution in [0, 0.1) is 11.2 Å². The quantitative estimate of drug-likeness (QED) is 0.649. The number of piperidine rings is 1. The smallest absolute Gasteiger partial charge is 0.174 e. The summed E-state index contributed by atoms with van der Waals surface area (Å²) in [4.78, 5) is 20.0. The highest BCUT2D eigenvalue weighted by molar-refractivity contribution is 6.14. The second-order valence-corrected chi connectivity index (χ2v) is 8.95. The maximum atomic E-state index is 14.5. The molecule has 6 rings (SSSR count). The van der Waals surface area contributed by atoms with Crippen molar-refractivity contribution in [2.24, 2.45) is 16.1 Å². The van der Waals surface area contributed by atoms with Crippen molar-refractivity contribution in [2.75, 3.05) is 23.7 Å². The molecule has 1 atom stereocenters. The predicted molar refractivity (Wildman–Crippen MR) is 121 cm³/mol. The van der Waals surface area contributed by atoms with Gasteiger partial charge < -0.3 is 16.4 Å². The lowest BCUT2D eigenvalue weighted by molar-refractivity contribution is 0.187. The van der Waals surface area contributed by atoms with Gasteiger partial charge in [0, 0.05) is 30.9 Å². The fourth-order valence-electron chi connectivity index (χ4n) is 5.45. The van der Waals surface area contributed by atoms with Gasteiger partial charge in [-0.25, -0.2) is 19.3 Å². The van der Waals surface area contributed by atoms with E-state index in [1.54, 1.807) is 12.3 Å². The van der Waals surface area contributed by atoms with Gasteiger partial charge in [0.2, 0.25) is 0 Å². The van der Waals surface area contributed by atoms with Crippen LogP contribution in [0.5, 0.6) is 0 Å². The number of anilines is 2. The Morgan fingerprint density at radius 1 is 1.09 bits per heavy atom. The van der Waals surface area contributed by atoms with Gasteiger partial charge in [-0.2, -0.15) is 0 Å². The van der Waals surface area contributed by atoms with Crippen molar-refractivity contribution in [3.8, 4) is 0 Å². The molecule has 0 saturated carbocycles. The van der Waals surface area contributed by atoms with E-state index < -0.39 is 5.82 Å². The van der Waals surface area contributed by atoms with Crippen molar-refractivity contribution < 1.29 is 4.39 Å². The molecule has 1 unspecified atom stereocenters. The number of fused-ring (bicyclic) bond motifs is 2. The minimum atomic E-state index is -0.569. The number of pyridine rings is 1. The Hall–Kier alpha value is -3.39. The summed E-state index contributed by atoms with van der Waals surface area (Å²) in [7, 11) is 0. The molecule has 32 heavy (non-hydrogen) atoms. The molecule has 1 aromatic carbocycles. The van der Waals surface area contributed by atoms with Crippen LogP contribution in [-0.2, 0) is 13.0 Å². The standard InChI is InChI=1S/C24H24FN7/c25-19-16(5-8-28-23(19)27)20-21-17(12-29-20)31-18(13-30-21)32-9-6-24(7-10-32)11-14-3-1-2-4-15(14)22(24)26/h1-5,8,13,22H,6-7,9-12,26H2,(H2,27,28). The predicted octanol–water partition coefficient (Wildman–Crippen LogP) is 2.79. The van der Waals surface area contributed by atoms with Gasteiger partial charge >= 0.3 is 0 Å². The lowest BCUT2D eigenvalue weighted by Gasteiger charge is -2.42. The lowest BCUT2D eigenvalue weighted by atomic mass is 9.73. The van der Waals surface area contributed by atoms with Gasteiger partial charge in [0.15, 0.2) is 11.6 Å². The van der Waals surface area contributed by atoms with Gasteiger partial charge in [0.1, 0.15) is 11.5 Å². The number of halogens is 1. The number of aromatic nitrogens is 3. The van der Waals surface area contributed by atoms with Gasteiger partial charge in [0.05, 0.1) is 24.1 Å². The molecule has 162 valence electrons. The van der Waals surface area contributed by atoms with Crippen molar-refractivity contribution >= 4 is 17.3 Å². The molecule has 3 aromatic rings. The summed E-state index contributed by atoms with van der Waals surface area (Å²) in [5.74, 6) is 0.131. The third kappa shape index (κ3) is 2.82. The molecule has 0 bridgehead atoms. The molecule has 0 amide bonds. The zero-order chi connectivity index (χ0) is 21.9. The van der Waals surface area contributed by atoms with E-state index in [1.807, 2.05) is 0 Å². The molecule has 1 aliphatic carbocycles. The van der Waals surface area contributed by atoms with E-state index in [0.29, 0.717) is 23.5 Å². The maximum Gasteiger partial charge on any atom is 0.174 e. The zero-order valence-corrected chi connectivity index (χ0v) is 17.6. The largest absolute Gasteiger partial charge is 0.381 e. The van der Waals surface area contributed by atoms with Crippen LogP contribution in [0.25, 0.3) is 0 Å². The summed E-state index contributed by atoms with van der Waals surface area (Å²) >= 11 is 0. The number of hydrogen-bond acceptors (Lipinski definition) is 7. The summed E-state index contributed by atoms with van der Waals surface area (Å²) < 4.78 is 14.5. The van der Waals surface area contributed by atoms with E-state index in [2.05, 4.69) is 44.1 Å². The Labute approximate surface area is 185 Å². The maximum absolute atomic E-state index is 14.5. The van der Waals surface area contributed by atoms with Crippen LogP contribution in [0.4, 0.5) is 16.0 Å². The molecule has 4 heterocycles. The first kappa shape index (κ1) is 19.3. The average Bonchev–Trinajstić information content (AvgIpc) is 3.35. The normalized spacial score (nSPS) is 20.9. The first-order valence-corrected chi connectivity index (χ1v) is 11.0. The van der Waals surface area contributed by atoms with E-state index in [-0.39, 0.29) is 17.3 Å². The summed E-state index contributed by atoms with van der Waals surface area (Å²) in [5, 5.41) is 0. The van der Waals surface area contributed by atoms with Gasteiger partial charge in [-0.3, -0.25) is 4.99 Å². The van der Waals surface area contributed by atoms with E-state index in [4.69, 9.17) is 16.5 Å². The van der Waals surface area contributed by atoms with Crippen molar-refractivity contribution in [3.05, 3.63) is 76.6 Å². The van der Waals surface area contributed by atoms with Crippen LogP contribution < -0.4 is 16.4 Å². The molecule has 1 fully saturated rings. The van der Waals surface area contributed by atoms with Crippen molar-refractivity contribution in [3.63, 3.8) is 0 Å². The highest BCUT2D eigenvalue weighted by Gasteiger charge is 2.46. The minimum Gasteiger partial charge on any atom is -0.381 e. The monoisotopic (exact) mass is 429 g/mol. The number of rotatable bonds is 2. The van der Waals surface area contributed by atoms with Crippen LogP contribution in [0.3, 0.4) is 0 Å². The summed E-state index contributed by atoms with van der Waals surface area (Å²) in [6, 6.07) is 10.2. The molecule has 1 saturated heterocycles. The third-order valence-electron chi connectivity index (χ3n) is 7.29. The first-order valence-electron chi connectivity index (χ1n) is 11.0. The molecule has 2 aromatic heterocycles. The summed E-state index contributed by atoms with van der Waals surface area (Å²) in [5.41, 5.74) is 17.3. The van der Waals surface area contributed by atoms with Crippen LogP contribution >= 0.6 is 0 Å². The van der Waals surface area contributed by atoms with Crippen LogP contribution in [0.2, 0.25) is 0 Å². The minimum absolute atomic E-state index is 0.0885. The van der Waals surface area contributed by atoms with Gasteiger partial charge in [-0.1, -0.05) is 24.3 Å². The number of nitrogens with two attached hydrogens (primary N) is 2. The number of hydrogen-bond donors (Lipinski definition) is 2. The Morgan fingerprint density at radius 2 is 1.91 bits per heavy atom. The molecular weight excluding hydrogens is 405 g/mol. The topological polar surface area (TPSA) is 106 Å². The average molecular weight is 430 g/mol. The van der Waals surface area contributed by atoms with Gasteiger partial charge in [-0.05, 0) is 41.9 Å². The zero-order valence-electron chi connectivity index (χ0n) is 17.6. The van der Waals surface area contributed by atoms with Crippen molar-refractivity contribution in [1.82, 2.24) is 15.0 Å². The molecule has 4 N–H and O–H groups in total.